The van der Waals surface area contributed by atoms with Crippen molar-refractivity contribution in [3.05, 3.63) is 75.2 Å². The molecule has 4 aromatic heterocycles. The molecule has 5 heteroatoms. The number of furan rings is 2. The second-order valence-electron chi connectivity index (χ2n) is 7.92. The van der Waals surface area contributed by atoms with Crippen LogP contribution in [0.3, 0.4) is 0 Å². The van der Waals surface area contributed by atoms with Gasteiger partial charge in [-0.05, 0) is 73.2 Å². The van der Waals surface area contributed by atoms with E-state index < -0.39 is 0 Å². The lowest BCUT2D eigenvalue weighted by Crippen LogP contribution is -2.08. The molecule has 0 unspecified atom stereocenters. The van der Waals surface area contributed by atoms with Crippen LogP contribution < -0.4 is 5.43 Å². The zero-order valence-corrected chi connectivity index (χ0v) is 18.1. The summed E-state index contributed by atoms with van der Waals surface area (Å²) in [6.07, 6.45) is 1.49. The van der Waals surface area contributed by atoms with Crippen molar-refractivity contribution < 1.29 is 8.83 Å². The molecule has 5 nitrogen and oxygen atoms in total. The van der Waals surface area contributed by atoms with Crippen molar-refractivity contribution in [3.63, 3.8) is 0 Å². The van der Waals surface area contributed by atoms with Gasteiger partial charge < -0.3 is 13.8 Å². The Morgan fingerprint density at radius 1 is 0.871 bits per heavy atom. The summed E-state index contributed by atoms with van der Waals surface area (Å²) in [5.41, 5.74) is 9.55. The van der Waals surface area contributed by atoms with E-state index in [9.17, 15) is 4.79 Å². The van der Waals surface area contributed by atoms with Crippen LogP contribution in [0.15, 0.2) is 56.1 Å². The standard InChI is InChI=1S/C26H24N2O3/c1-5-20-14(3)22-12-18-9-7-16(30-18)11-17-8-10-19(31-17)13-23-15(4)21(6-2)25(28-23)26(29)24(20)27-22/h7-13,27H,5-6H2,1-4H3. The van der Waals surface area contributed by atoms with Crippen molar-refractivity contribution >= 4 is 44.5 Å². The van der Waals surface area contributed by atoms with Gasteiger partial charge in [0.1, 0.15) is 28.0 Å². The first kappa shape index (κ1) is 19.4. The molecule has 8 bridgehead atoms. The van der Waals surface area contributed by atoms with Crippen molar-refractivity contribution in [2.45, 2.75) is 40.5 Å². The second-order valence-corrected chi connectivity index (χ2v) is 7.92. The highest BCUT2D eigenvalue weighted by Gasteiger charge is 2.20. The normalized spacial score (nSPS) is 12.8. The van der Waals surface area contributed by atoms with E-state index in [1.165, 1.54) is 0 Å². The Kier molecular flexibility index (Phi) is 4.54. The lowest BCUT2D eigenvalue weighted by Gasteiger charge is -1.99. The summed E-state index contributed by atoms with van der Waals surface area (Å²) in [6.45, 7) is 8.18. The van der Waals surface area contributed by atoms with E-state index in [0.717, 1.165) is 46.3 Å². The smallest absolute Gasteiger partial charge is 0.228 e. The molecule has 0 aromatic carbocycles. The fourth-order valence-corrected chi connectivity index (χ4v) is 4.38. The maximum absolute atomic E-state index is 13.6. The fourth-order valence-electron chi connectivity index (χ4n) is 4.38. The quantitative estimate of drug-likeness (QED) is 0.401. The molecule has 1 aliphatic rings. The number of hydrogen-bond acceptors (Lipinski definition) is 4. The van der Waals surface area contributed by atoms with E-state index in [1.807, 2.05) is 56.3 Å². The molecule has 156 valence electrons. The summed E-state index contributed by atoms with van der Waals surface area (Å²) < 4.78 is 11.9. The largest absolute Gasteiger partial charge is 0.457 e. The van der Waals surface area contributed by atoms with Gasteiger partial charge in [-0.1, -0.05) is 13.8 Å². The van der Waals surface area contributed by atoms with Crippen LogP contribution in [0, 0.1) is 6.92 Å². The molecule has 4 aromatic rings. The molecular weight excluding hydrogens is 388 g/mol. The third-order valence-electron chi connectivity index (χ3n) is 6.07. The molecule has 0 saturated carbocycles. The van der Waals surface area contributed by atoms with Gasteiger partial charge in [-0.2, -0.15) is 0 Å². The third-order valence-corrected chi connectivity index (χ3v) is 6.07. The van der Waals surface area contributed by atoms with Crippen molar-refractivity contribution in [1.29, 1.82) is 0 Å². The first-order chi connectivity index (χ1) is 15.0. The van der Waals surface area contributed by atoms with Gasteiger partial charge in [-0.15, -0.1) is 0 Å². The maximum atomic E-state index is 13.6. The number of aromatic amines is 1. The van der Waals surface area contributed by atoms with Crippen LogP contribution in [0.1, 0.15) is 49.7 Å². The predicted molar refractivity (Wildman–Crippen MR) is 125 cm³/mol. The lowest BCUT2D eigenvalue weighted by molar-refractivity contribution is 0.653. The van der Waals surface area contributed by atoms with Gasteiger partial charge in [0.25, 0.3) is 0 Å². The molecule has 5 heterocycles. The van der Waals surface area contributed by atoms with Crippen LogP contribution in [-0.4, -0.2) is 9.97 Å². The fraction of sp³-hybridized carbons (Fsp3) is 0.231. The van der Waals surface area contributed by atoms with Crippen molar-refractivity contribution in [2.75, 3.05) is 0 Å². The predicted octanol–water partition coefficient (Wildman–Crippen LogP) is 6.63. The van der Waals surface area contributed by atoms with Gasteiger partial charge >= 0.3 is 0 Å². The zero-order chi connectivity index (χ0) is 21.7. The monoisotopic (exact) mass is 412 g/mol. The van der Waals surface area contributed by atoms with Crippen molar-refractivity contribution in [3.8, 4) is 0 Å². The Balaban J connectivity index is 2.00. The van der Waals surface area contributed by atoms with Crippen LogP contribution in [0.5, 0.6) is 0 Å². The molecule has 1 N–H and O–H groups in total. The molecule has 31 heavy (non-hydrogen) atoms. The number of aromatic nitrogens is 2. The molecule has 0 radical (unpaired) electrons. The lowest BCUT2D eigenvalue weighted by atomic mass is 10.0. The highest BCUT2D eigenvalue weighted by Crippen LogP contribution is 2.31. The Morgan fingerprint density at radius 3 is 2.10 bits per heavy atom. The molecule has 0 fully saturated rings. The molecule has 0 aliphatic carbocycles. The molecule has 0 amide bonds. The Labute approximate surface area is 179 Å². The van der Waals surface area contributed by atoms with Crippen molar-refractivity contribution in [2.24, 2.45) is 0 Å². The maximum Gasteiger partial charge on any atom is 0.228 e. The number of H-pyrrole nitrogens is 1. The average Bonchev–Trinajstić information content (AvgIpc) is 3.51. The summed E-state index contributed by atoms with van der Waals surface area (Å²) in [5.74, 6) is 0. The minimum Gasteiger partial charge on any atom is -0.457 e. The summed E-state index contributed by atoms with van der Waals surface area (Å²) >= 11 is 0. The number of nitrogens with zero attached hydrogens (tertiary/aromatic N) is 1. The van der Waals surface area contributed by atoms with E-state index in [-0.39, 0.29) is 5.43 Å². The van der Waals surface area contributed by atoms with E-state index in [2.05, 4.69) is 18.8 Å². The van der Waals surface area contributed by atoms with Gasteiger partial charge in [0.05, 0.1) is 11.2 Å². The molecule has 1 aliphatic heterocycles. The van der Waals surface area contributed by atoms with Gasteiger partial charge in [-0.3, -0.25) is 4.79 Å². The average molecular weight is 412 g/mol. The molecule has 0 spiro atoms. The number of nitrogens with one attached hydrogen (secondary N) is 1. The summed E-state index contributed by atoms with van der Waals surface area (Å²) in [4.78, 5) is 21.7. The van der Waals surface area contributed by atoms with Gasteiger partial charge in [0.2, 0.25) is 5.43 Å². The Hall–Kier alpha value is -3.60. The van der Waals surface area contributed by atoms with Gasteiger partial charge in [0, 0.05) is 23.7 Å². The number of allylic oxidation sites excluding steroid dienone is 2. The number of fused-ring (bicyclic) bond motifs is 8. The third kappa shape index (κ3) is 3.17. The number of hydrogen-bond donors (Lipinski definition) is 1. The molecule has 0 atom stereocenters. The van der Waals surface area contributed by atoms with E-state index in [0.29, 0.717) is 33.5 Å². The SMILES string of the molecule is CCC1=C(C)c2cc3ccc(cc4ccc(cc5[nH]c(c(CC)c5C)c(=O)c1n2)o4)o3. The highest BCUT2D eigenvalue weighted by atomic mass is 16.3. The summed E-state index contributed by atoms with van der Waals surface area (Å²) in [6, 6.07) is 13.3. The van der Waals surface area contributed by atoms with E-state index in [1.54, 1.807) is 0 Å². The molecular formula is C26H24N2O3. The zero-order valence-electron chi connectivity index (χ0n) is 18.1. The first-order valence-corrected chi connectivity index (χ1v) is 10.6. The second kappa shape index (κ2) is 7.27. The van der Waals surface area contributed by atoms with E-state index in [4.69, 9.17) is 13.8 Å². The minimum absolute atomic E-state index is 0.0695. The highest BCUT2D eigenvalue weighted by molar-refractivity contribution is 5.92. The van der Waals surface area contributed by atoms with Crippen LogP contribution >= 0.6 is 0 Å². The number of rotatable bonds is 2. The topological polar surface area (TPSA) is 72.0 Å². The van der Waals surface area contributed by atoms with Crippen LogP contribution in [0.2, 0.25) is 0 Å². The van der Waals surface area contributed by atoms with Crippen LogP contribution in [0.25, 0.3) is 44.5 Å². The van der Waals surface area contributed by atoms with Crippen LogP contribution in [-0.2, 0) is 6.42 Å². The summed E-state index contributed by atoms with van der Waals surface area (Å²) in [7, 11) is 0. The minimum atomic E-state index is -0.0695. The first-order valence-electron chi connectivity index (χ1n) is 10.6. The van der Waals surface area contributed by atoms with Crippen molar-refractivity contribution in [1.82, 2.24) is 9.97 Å². The summed E-state index contributed by atoms with van der Waals surface area (Å²) in [5, 5.41) is 0. The molecule has 0 saturated heterocycles. The van der Waals surface area contributed by atoms with E-state index >= 15 is 0 Å². The van der Waals surface area contributed by atoms with Gasteiger partial charge in [-0.25, -0.2) is 4.98 Å². The Morgan fingerprint density at radius 2 is 1.48 bits per heavy atom. The van der Waals surface area contributed by atoms with Gasteiger partial charge in [0.15, 0.2) is 0 Å². The number of aryl methyl sites for hydroxylation is 2. The van der Waals surface area contributed by atoms with Crippen LogP contribution in [0.4, 0.5) is 0 Å². The molecule has 5 rings (SSSR count). The Bertz CT molecular complexity index is 1550.